The van der Waals surface area contributed by atoms with Gasteiger partial charge in [-0.25, -0.2) is 9.78 Å². The molecule has 0 saturated carbocycles. The van der Waals surface area contributed by atoms with E-state index in [-0.39, 0.29) is 12.2 Å². The lowest BCUT2D eigenvalue weighted by atomic mass is 10.3. The number of nitrogens with two attached hydrogens (primary N) is 1. The summed E-state index contributed by atoms with van der Waals surface area (Å²) in [6.45, 7) is 0.205. The smallest absolute Gasteiger partial charge is 0.328 e. The van der Waals surface area contributed by atoms with Crippen molar-refractivity contribution >= 4 is 5.69 Å². The zero-order valence-corrected chi connectivity index (χ0v) is 9.71. The Morgan fingerprint density at radius 3 is 2.94 bits per heavy atom. The first-order valence-electron chi connectivity index (χ1n) is 5.19. The molecule has 0 aliphatic carbocycles. The second kappa shape index (κ2) is 4.74. The molecule has 0 aromatic carbocycles. The third-order valence-electron chi connectivity index (χ3n) is 2.36. The highest BCUT2D eigenvalue weighted by molar-refractivity contribution is 5.30. The van der Waals surface area contributed by atoms with Gasteiger partial charge in [0.2, 0.25) is 5.88 Å². The number of methoxy groups -OCH3 is 1. The first kappa shape index (κ1) is 11.9. The van der Waals surface area contributed by atoms with Crippen LogP contribution in [0, 0.1) is 0 Å². The van der Waals surface area contributed by atoms with Crippen molar-refractivity contribution in [2.45, 2.75) is 6.54 Å². The molecule has 0 aliphatic rings. The second-order valence-corrected chi connectivity index (χ2v) is 3.64. The number of aromatic amines is 1. The molecule has 3 N–H and O–H groups in total. The van der Waals surface area contributed by atoms with Gasteiger partial charge in [-0.2, -0.15) is 0 Å². The van der Waals surface area contributed by atoms with Crippen molar-refractivity contribution in [1.82, 2.24) is 14.5 Å². The topological polar surface area (TPSA) is 103 Å². The van der Waals surface area contributed by atoms with Crippen LogP contribution in [0.15, 0.2) is 34.0 Å². The van der Waals surface area contributed by atoms with E-state index in [1.165, 1.54) is 17.9 Å². The van der Waals surface area contributed by atoms with Gasteiger partial charge in [0.25, 0.3) is 5.56 Å². The number of anilines is 1. The first-order chi connectivity index (χ1) is 8.60. The summed E-state index contributed by atoms with van der Waals surface area (Å²) in [5, 5.41) is 0. The third-order valence-corrected chi connectivity index (χ3v) is 2.36. The SMILES string of the molecule is COc1cccc(Cn2cc(N)c(=O)[nH]c2=O)n1. The van der Waals surface area contributed by atoms with Gasteiger partial charge in [-0.1, -0.05) is 6.07 Å². The van der Waals surface area contributed by atoms with Crippen LogP contribution in [0.5, 0.6) is 5.88 Å². The molecule has 7 nitrogen and oxygen atoms in total. The highest BCUT2D eigenvalue weighted by Crippen LogP contribution is 2.07. The fraction of sp³-hybridized carbons (Fsp3) is 0.182. The Kier molecular flexibility index (Phi) is 3.13. The molecule has 0 spiro atoms. The van der Waals surface area contributed by atoms with E-state index >= 15 is 0 Å². The van der Waals surface area contributed by atoms with Crippen LogP contribution in [0.4, 0.5) is 5.69 Å². The molecule has 94 valence electrons. The Morgan fingerprint density at radius 2 is 2.22 bits per heavy atom. The van der Waals surface area contributed by atoms with Crippen LogP contribution in [0.25, 0.3) is 0 Å². The molecule has 0 atom stereocenters. The molecule has 2 aromatic heterocycles. The van der Waals surface area contributed by atoms with E-state index in [1.54, 1.807) is 18.2 Å². The number of nitrogens with zero attached hydrogens (tertiary/aromatic N) is 2. The van der Waals surface area contributed by atoms with Gasteiger partial charge in [0, 0.05) is 12.3 Å². The minimum atomic E-state index is -0.588. The minimum Gasteiger partial charge on any atom is -0.481 e. The Bertz CT molecular complexity index is 674. The Hall–Kier alpha value is -2.57. The number of hydrogen-bond acceptors (Lipinski definition) is 5. The molecule has 18 heavy (non-hydrogen) atoms. The molecule has 0 fully saturated rings. The second-order valence-electron chi connectivity index (χ2n) is 3.64. The average molecular weight is 248 g/mol. The van der Waals surface area contributed by atoms with Crippen LogP contribution in [-0.4, -0.2) is 21.6 Å². The maximum atomic E-state index is 11.5. The van der Waals surface area contributed by atoms with Gasteiger partial charge in [-0.3, -0.25) is 14.3 Å². The summed E-state index contributed by atoms with van der Waals surface area (Å²) < 4.78 is 6.26. The first-order valence-corrected chi connectivity index (χ1v) is 5.19. The van der Waals surface area contributed by atoms with Gasteiger partial charge in [-0.05, 0) is 6.07 Å². The summed E-state index contributed by atoms with van der Waals surface area (Å²) in [6.07, 6.45) is 1.29. The summed E-state index contributed by atoms with van der Waals surface area (Å²) >= 11 is 0. The molecule has 7 heteroatoms. The third kappa shape index (κ3) is 2.40. The quantitative estimate of drug-likeness (QED) is 0.767. The van der Waals surface area contributed by atoms with Gasteiger partial charge in [-0.15, -0.1) is 0 Å². The van der Waals surface area contributed by atoms with Gasteiger partial charge >= 0.3 is 5.69 Å². The highest BCUT2D eigenvalue weighted by atomic mass is 16.5. The number of nitrogens with one attached hydrogen (secondary N) is 1. The van der Waals surface area contributed by atoms with Crippen LogP contribution in [0.3, 0.4) is 0 Å². The van der Waals surface area contributed by atoms with Crippen LogP contribution in [-0.2, 0) is 6.54 Å². The maximum absolute atomic E-state index is 11.5. The van der Waals surface area contributed by atoms with E-state index in [1.807, 2.05) is 0 Å². The lowest BCUT2D eigenvalue weighted by molar-refractivity contribution is 0.395. The molecule has 2 rings (SSSR count). The van der Waals surface area contributed by atoms with Crippen LogP contribution < -0.4 is 21.7 Å². The largest absolute Gasteiger partial charge is 0.481 e. The van der Waals surface area contributed by atoms with Crippen LogP contribution >= 0.6 is 0 Å². The maximum Gasteiger partial charge on any atom is 0.328 e. The van der Waals surface area contributed by atoms with Crippen molar-refractivity contribution < 1.29 is 4.74 Å². The lowest BCUT2D eigenvalue weighted by Gasteiger charge is -2.06. The fourth-order valence-corrected chi connectivity index (χ4v) is 1.48. The molecule has 0 radical (unpaired) electrons. The van der Waals surface area contributed by atoms with E-state index in [2.05, 4.69) is 9.97 Å². The number of aromatic nitrogens is 3. The molecule has 0 bridgehead atoms. The molecule has 0 unspecified atom stereocenters. The van der Waals surface area contributed by atoms with Crippen molar-refractivity contribution in [2.75, 3.05) is 12.8 Å². The lowest BCUT2D eigenvalue weighted by Crippen LogP contribution is -2.31. The van der Waals surface area contributed by atoms with Crippen molar-refractivity contribution in [3.05, 3.63) is 50.9 Å². The number of ether oxygens (including phenoxy) is 1. The molecular weight excluding hydrogens is 236 g/mol. The molecule has 2 heterocycles. The van der Waals surface area contributed by atoms with E-state index in [4.69, 9.17) is 10.5 Å². The standard InChI is InChI=1S/C11H12N4O3/c1-18-9-4-2-3-7(13-9)5-15-6-8(12)10(16)14-11(15)17/h2-4,6H,5,12H2,1H3,(H,14,16,17). The molecule has 0 saturated heterocycles. The van der Waals surface area contributed by atoms with Crippen molar-refractivity contribution in [3.63, 3.8) is 0 Å². The zero-order chi connectivity index (χ0) is 13.1. The summed E-state index contributed by atoms with van der Waals surface area (Å²) in [5.74, 6) is 0.456. The summed E-state index contributed by atoms with van der Waals surface area (Å²) in [4.78, 5) is 28.9. The summed E-state index contributed by atoms with van der Waals surface area (Å²) in [6, 6.07) is 5.21. The Balaban J connectivity index is 2.36. The van der Waals surface area contributed by atoms with Gasteiger partial charge < -0.3 is 10.5 Å². The number of H-pyrrole nitrogens is 1. The Morgan fingerprint density at radius 1 is 1.44 bits per heavy atom. The van der Waals surface area contributed by atoms with Crippen molar-refractivity contribution in [1.29, 1.82) is 0 Å². The predicted octanol–water partition coefficient (Wildman–Crippen LogP) is -0.429. The van der Waals surface area contributed by atoms with Crippen LogP contribution in [0.1, 0.15) is 5.69 Å². The highest BCUT2D eigenvalue weighted by Gasteiger charge is 2.04. The fourth-order valence-electron chi connectivity index (χ4n) is 1.48. The molecular formula is C11H12N4O3. The zero-order valence-electron chi connectivity index (χ0n) is 9.71. The van der Waals surface area contributed by atoms with Gasteiger partial charge in [0.05, 0.1) is 19.3 Å². The number of hydrogen-bond donors (Lipinski definition) is 2. The van der Waals surface area contributed by atoms with E-state index in [0.29, 0.717) is 11.6 Å². The number of pyridine rings is 1. The molecule has 0 aliphatic heterocycles. The number of rotatable bonds is 3. The van der Waals surface area contributed by atoms with Crippen molar-refractivity contribution in [2.24, 2.45) is 0 Å². The van der Waals surface area contributed by atoms with Gasteiger partial charge in [0.1, 0.15) is 5.69 Å². The summed E-state index contributed by atoms with van der Waals surface area (Å²) in [5.41, 5.74) is 4.95. The van der Waals surface area contributed by atoms with E-state index in [9.17, 15) is 9.59 Å². The average Bonchev–Trinajstić information content (AvgIpc) is 2.36. The molecule has 0 amide bonds. The monoisotopic (exact) mass is 248 g/mol. The predicted molar refractivity (Wildman–Crippen MR) is 65.6 cm³/mol. The molecule has 2 aromatic rings. The van der Waals surface area contributed by atoms with Gasteiger partial charge in [0.15, 0.2) is 0 Å². The normalized spacial score (nSPS) is 10.3. The summed E-state index contributed by atoms with van der Waals surface area (Å²) in [7, 11) is 1.51. The number of nitrogen functional groups attached to an aromatic ring is 1. The van der Waals surface area contributed by atoms with E-state index < -0.39 is 11.2 Å². The Labute approximate surface area is 102 Å². The van der Waals surface area contributed by atoms with Crippen molar-refractivity contribution in [3.8, 4) is 5.88 Å². The van der Waals surface area contributed by atoms with Crippen LogP contribution in [0.2, 0.25) is 0 Å². The van der Waals surface area contributed by atoms with E-state index in [0.717, 1.165) is 0 Å². The minimum absolute atomic E-state index is 0.0162.